The minimum atomic E-state index is -0.450. The molecule has 0 bridgehead atoms. The van der Waals surface area contributed by atoms with Crippen LogP contribution >= 0.6 is 12.4 Å². The molecule has 0 spiro atoms. The van der Waals surface area contributed by atoms with E-state index in [9.17, 15) is 14.9 Å². The van der Waals surface area contributed by atoms with Crippen LogP contribution in [0.3, 0.4) is 0 Å². The van der Waals surface area contributed by atoms with Crippen molar-refractivity contribution >= 4 is 24.0 Å². The molecule has 1 aliphatic rings. The molecule has 116 valence electrons. The minimum Gasteiger partial charge on any atom is -0.352 e. The molecule has 1 fully saturated rings. The van der Waals surface area contributed by atoms with Crippen LogP contribution in [0.25, 0.3) is 0 Å². The number of nitro groups is 1. The van der Waals surface area contributed by atoms with Crippen molar-refractivity contribution in [2.24, 2.45) is 5.92 Å². The van der Waals surface area contributed by atoms with Crippen LogP contribution in [0.1, 0.15) is 18.9 Å². The highest BCUT2D eigenvalue weighted by atomic mass is 35.5. The molecule has 2 N–H and O–H groups in total. The molecule has 1 saturated heterocycles. The van der Waals surface area contributed by atoms with Gasteiger partial charge in [-0.1, -0.05) is 19.1 Å². The molecule has 2 rings (SSSR count). The summed E-state index contributed by atoms with van der Waals surface area (Å²) in [5.74, 6) is 0.358. The highest BCUT2D eigenvalue weighted by molar-refractivity contribution is 5.85. The third kappa shape index (κ3) is 4.99. The lowest BCUT2D eigenvalue weighted by Crippen LogP contribution is -2.50. The van der Waals surface area contributed by atoms with Gasteiger partial charge >= 0.3 is 0 Å². The van der Waals surface area contributed by atoms with Crippen LogP contribution in [0.5, 0.6) is 0 Å². The third-order valence-corrected chi connectivity index (χ3v) is 3.66. The number of nitro benzene ring substituents is 1. The van der Waals surface area contributed by atoms with E-state index in [0.717, 1.165) is 19.5 Å². The van der Waals surface area contributed by atoms with Crippen LogP contribution in [0.15, 0.2) is 24.3 Å². The Hall–Kier alpha value is -1.66. The van der Waals surface area contributed by atoms with E-state index >= 15 is 0 Å². The molecular weight excluding hydrogens is 294 g/mol. The molecule has 0 radical (unpaired) electrons. The molecule has 1 aromatic rings. The second-order valence-electron chi connectivity index (χ2n) is 5.25. The Morgan fingerprint density at radius 2 is 2.29 bits per heavy atom. The van der Waals surface area contributed by atoms with Crippen molar-refractivity contribution < 1.29 is 9.72 Å². The van der Waals surface area contributed by atoms with Gasteiger partial charge in [0.1, 0.15) is 0 Å². The maximum atomic E-state index is 12.0. The molecule has 2 unspecified atom stereocenters. The predicted molar refractivity (Wildman–Crippen MR) is 82.6 cm³/mol. The fraction of sp³-hybridized carbons (Fsp3) is 0.500. The second-order valence-corrected chi connectivity index (χ2v) is 5.25. The molecule has 1 heterocycles. The summed E-state index contributed by atoms with van der Waals surface area (Å²) in [5, 5.41) is 16.9. The quantitative estimate of drug-likeness (QED) is 0.654. The zero-order valence-corrected chi connectivity index (χ0v) is 12.7. The minimum absolute atomic E-state index is 0. The van der Waals surface area contributed by atoms with Crippen LogP contribution in [0.4, 0.5) is 5.69 Å². The Kier molecular flexibility index (Phi) is 6.58. The van der Waals surface area contributed by atoms with Gasteiger partial charge in [-0.3, -0.25) is 14.9 Å². The van der Waals surface area contributed by atoms with Gasteiger partial charge in [-0.25, -0.2) is 0 Å². The number of carbonyl (C=O) groups is 1. The van der Waals surface area contributed by atoms with Gasteiger partial charge in [-0.05, 0) is 24.4 Å². The van der Waals surface area contributed by atoms with Crippen molar-refractivity contribution in [2.45, 2.75) is 25.8 Å². The maximum absolute atomic E-state index is 12.0. The number of hydrogen-bond acceptors (Lipinski definition) is 4. The monoisotopic (exact) mass is 313 g/mol. The van der Waals surface area contributed by atoms with Crippen molar-refractivity contribution in [2.75, 3.05) is 13.1 Å². The number of halogens is 1. The van der Waals surface area contributed by atoms with Gasteiger partial charge in [0.15, 0.2) is 0 Å². The lowest BCUT2D eigenvalue weighted by Gasteiger charge is -2.30. The first-order valence-corrected chi connectivity index (χ1v) is 6.79. The van der Waals surface area contributed by atoms with E-state index in [2.05, 4.69) is 17.6 Å². The van der Waals surface area contributed by atoms with E-state index in [1.807, 2.05) is 0 Å². The molecule has 1 amide bonds. The molecule has 21 heavy (non-hydrogen) atoms. The van der Waals surface area contributed by atoms with Gasteiger partial charge in [0.05, 0.1) is 11.3 Å². The normalized spacial score (nSPS) is 21.2. The van der Waals surface area contributed by atoms with Crippen molar-refractivity contribution in [3.05, 3.63) is 39.9 Å². The van der Waals surface area contributed by atoms with Crippen molar-refractivity contribution in [3.63, 3.8) is 0 Å². The highest BCUT2D eigenvalue weighted by Crippen LogP contribution is 2.14. The fourth-order valence-corrected chi connectivity index (χ4v) is 2.41. The predicted octanol–water partition coefficient (Wildman–Crippen LogP) is 1.67. The van der Waals surface area contributed by atoms with Crippen molar-refractivity contribution in [1.29, 1.82) is 0 Å². The summed E-state index contributed by atoms with van der Waals surface area (Å²) in [6.45, 7) is 3.89. The highest BCUT2D eigenvalue weighted by Gasteiger charge is 2.22. The molecule has 0 aliphatic carbocycles. The summed E-state index contributed by atoms with van der Waals surface area (Å²) >= 11 is 0. The summed E-state index contributed by atoms with van der Waals surface area (Å²) in [7, 11) is 0. The number of rotatable bonds is 4. The summed E-state index contributed by atoms with van der Waals surface area (Å²) in [6, 6.07) is 6.34. The van der Waals surface area contributed by atoms with Crippen molar-refractivity contribution in [1.82, 2.24) is 10.6 Å². The Bertz CT molecular complexity index is 510. The number of piperidine rings is 1. The number of nitrogens with zero attached hydrogens (tertiary/aromatic N) is 1. The lowest BCUT2D eigenvalue weighted by atomic mass is 9.94. The van der Waals surface area contributed by atoms with Crippen LogP contribution in [0.2, 0.25) is 0 Å². The number of benzene rings is 1. The first-order valence-electron chi connectivity index (χ1n) is 6.79. The number of nitrogens with one attached hydrogen (secondary N) is 2. The molecule has 1 aliphatic heterocycles. The second kappa shape index (κ2) is 7.95. The Labute approximate surface area is 129 Å². The smallest absolute Gasteiger partial charge is 0.269 e. The molecule has 2 atom stereocenters. The topological polar surface area (TPSA) is 84.3 Å². The maximum Gasteiger partial charge on any atom is 0.269 e. The summed E-state index contributed by atoms with van der Waals surface area (Å²) in [6.07, 6.45) is 1.21. The van der Waals surface area contributed by atoms with Gasteiger partial charge in [0, 0.05) is 24.7 Å². The zero-order valence-electron chi connectivity index (χ0n) is 11.9. The van der Waals surface area contributed by atoms with E-state index in [4.69, 9.17) is 0 Å². The lowest BCUT2D eigenvalue weighted by molar-refractivity contribution is -0.384. The average molecular weight is 314 g/mol. The average Bonchev–Trinajstić information content (AvgIpc) is 2.41. The SMILES string of the molecule is CC1CCNCC1NC(=O)Cc1cccc([N+](=O)[O-])c1.Cl. The molecule has 7 heteroatoms. The van der Waals surface area contributed by atoms with E-state index in [-0.39, 0.29) is 36.5 Å². The Morgan fingerprint density at radius 1 is 1.52 bits per heavy atom. The molecule has 0 aromatic heterocycles. The summed E-state index contributed by atoms with van der Waals surface area (Å²) in [4.78, 5) is 22.2. The van der Waals surface area contributed by atoms with E-state index in [1.54, 1.807) is 12.1 Å². The van der Waals surface area contributed by atoms with Gasteiger partial charge < -0.3 is 10.6 Å². The Balaban J connectivity index is 0.00000220. The largest absolute Gasteiger partial charge is 0.352 e. The fourth-order valence-electron chi connectivity index (χ4n) is 2.41. The number of carbonyl (C=O) groups excluding carboxylic acids is 1. The number of hydrogen-bond donors (Lipinski definition) is 2. The molecular formula is C14H20ClN3O3. The summed E-state index contributed by atoms with van der Waals surface area (Å²) in [5.41, 5.74) is 0.677. The van der Waals surface area contributed by atoms with Gasteiger partial charge in [0.25, 0.3) is 5.69 Å². The van der Waals surface area contributed by atoms with Crippen molar-refractivity contribution in [3.8, 4) is 0 Å². The van der Waals surface area contributed by atoms with Crippen LogP contribution in [-0.2, 0) is 11.2 Å². The first-order chi connectivity index (χ1) is 9.56. The molecule has 1 aromatic carbocycles. The van der Waals surface area contributed by atoms with E-state index < -0.39 is 4.92 Å². The number of non-ortho nitro benzene ring substituents is 1. The van der Waals surface area contributed by atoms with Crippen LogP contribution < -0.4 is 10.6 Å². The third-order valence-electron chi connectivity index (χ3n) is 3.66. The van der Waals surface area contributed by atoms with Gasteiger partial charge in [0.2, 0.25) is 5.91 Å². The van der Waals surface area contributed by atoms with Gasteiger partial charge in [-0.15, -0.1) is 12.4 Å². The zero-order chi connectivity index (χ0) is 14.5. The summed E-state index contributed by atoms with van der Waals surface area (Å²) < 4.78 is 0. The van der Waals surface area contributed by atoms with Crippen LogP contribution in [0, 0.1) is 16.0 Å². The van der Waals surface area contributed by atoms with E-state index in [0.29, 0.717) is 11.5 Å². The first kappa shape index (κ1) is 17.4. The van der Waals surface area contributed by atoms with Crippen LogP contribution in [-0.4, -0.2) is 30.0 Å². The standard InChI is InChI=1S/C14H19N3O3.ClH/c1-10-5-6-15-9-13(10)16-14(18)8-11-3-2-4-12(7-11)17(19)20;/h2-4,7,10,13,15H,5-6,8-9H2,1H3,(H,16,18);1H. The van der Waals surface area contributed by atoms with Gasteiger partial charge in [-0.2, -0.15) is 0 Å². The molecule has 6 nitrogen and oxygen atoms in total. The van der Waals surface area contributed by atoms with E-state index in [1.165, 1.54) is 12.1 Å². The Morgan fingerprint density at radius 3 is 2.95 bits per heavy atom. The molecule has 0 saturated carbocycles. The number of amides is 1.